The van der Waals surface area contributed by atoms with Gasteiger partial charge >= 0.3 is 6.18 Å². The molecule has 7 nitrogen and oxygen atoms in total. The standard InChI is InChI=1S/C24H30F2N4O3.C11H13F3.C2H6/c1-28(2)12-3-13-30-22(33)24(18-4-8-20(25)9-5-18,19-6-10-21(26)11-7-19)27-23(30)29(14-16-31)15-17-32;1-3-8(2)9-4-6-10(7-5-9)11(12,13)14;1-2/h4-11,31-32H,3,12-17H2,1-2H3;4-8H,3H2,1-2H3;1-2H3. The Hall–Kier alpha value is -3.87. The van der Waals surface area contributed by atoms with E-state index in [1.807, 2.05) is 46.7 Å². The quantitative estimate of drug-likeness (QED) is 0.202. The van der Waals surface area contributed by atoms with Crippen LogP contribution in [-0.2, 0) is 16.5 Å². The maximum absolute atomic E-state index is 14.1. The van der Waals surface area contributed by atoms with Crippen molar-refractivity contribution >= 4 is 11.9 Å². The summed E-state index contributed by atoms with van der Waals surface area (Å²) in [5.41, 5.74) is -0.273. The van der Waals surface area contributed by atoms with Gasteiger partial charge in [-0.05, 0) is 92.5 Å². The molecule has 2 N–H and O–H groups in total. The van der Waals surface area contributed by atoms with Crippen LogP contribution in [0.15, 0.2) is 77.8 Å². The number of carbonyl (C=O) groups excluding carboxylic acids is 1. The highest BCUT2D eigenvalue weighted by Crippen LogP contribution is 2.41. The molecule has 0 radical (unpaired) electrons. The maximum atomic E-state index is 14.1. The fourth-order valence-corrected chi connectivity index (χ4v) is 5.25. The molecule has 49 heavy (non-hydrogen) atoms. The molecule has 0 aliphatic carbocycles. The third-order valence-electron chi connectivity index (χ3n) is 8.02. The van der Waals surface area contributed by atoms with Crippen LogP contribution < -0.4 is 0 Å². The van der Waals surface area contributed by atoms with Gasteiger partial charge in [-0.1, -0.05) is 64.1 Å². The minimum atomic E-state index is -4.23. The molecule has 0 saturated heterocycles. The van der Waals surface area contributed by atoms with Crippen molar-refractivity contribution in [2.24, 2.45) is 4.99 Å². The Morgan fingerprint density at radius 3 is 1.67 bits per heavy atom. The zero-order valence-electron chi connectivity index (χ0n) is 29.1. The molecule has 1 amide bonds. The molecule has 0 saturated carbocycles. The fraction of sp³-hybridized carbons (Fsp3) is 0.459. The Balaban J connectivity index is 0.000000435. The Labute approximate surface area is 286 Å². The lowest BCUT2D eigenvalue weighted by Gasteiger charge is -2.30. The predicted octanol–water partition coefficient (Wildman–Crippen LogP) is 6.89. The average Bonchev–Trinajstić information content (AvgIpc) is 3.38. The molecule has 4 rings (SSSR count). The van der Waals surface area contributed by atoms with E-state index in [0.29, 0.717) is 36.0 Å². The van der Waals surface area contributed by atoms with Crippen molar-refractivity contribution < 1.29 is 37.0 Å². The van der Waals surface area contributed by atoms with Gasteiger partial charge in [0.25, 0.3) is 5.91 Å². The zero-order valence-corrected chi connectivity index (χ0v) is 29.1. The monoisotopic (exact) mass is 692 g/mol. The van der Waals surface area contributed by atoms with Gasteiger partial charge in [0.05, 0.1) is 18.8 Å². The highest BCUT2D eigenvalue weighted by molar-refractivity contribution is 6.09. The molecule has 3 aromatic carbocycles. The first-order valence-corrected chi connectivity index (χ1v) is 16.5. The van der Waals surface area contributed by atoms with Crippen molar-refractivity contribution in [1.29, 1.82) is 0 Å². The van der Waals surface area contributed by atoms with Crippen molar-refractivity contribution in [3.8, 4) is 0 Å². The lowest BCUT2D eigenvalue weighted by molar-refractivity contribution is -0.137. The molecule has 1 aliphatic heterocycles. The van der Waals surface area contributed by atoms with Crippen LogP contribution in [0.2, 0.25) is 0 Å². The highest BCUT2D eigenvalue weighted by Gasteiger charge is 2.52. The number of aliphatic imine (C=N–C) groups is 1. The van der Waals surface area contributed by atoms with Crippen molar-refractivity contribution in [3.05, 3.63) is 107 Å². The molecule has 3 aromatic rings. The largest absolute Gasteiger partial charge is 0.416 e. The summed E-state index contributed by atoms with van der Waals surface area (Å²) in [6.07, 6.45) is -2.63. The summed E-state index contributed by atoms with van der Waals surface area (Å²) in [7, 11) is 3.87. The van der Waals surface area contributed by atoms with E-state index in [2.05, 4.69) is 0 Å². The molecular weight excluding hydrogens is 643 g/mol. The lowest BCUT2D eigenvalue weighted by atomic mass is 9.82. The number of halogens is 5. The van der Waals surface area contributed by atoms with E-state index in [1.165, 1.54) is 48.5 Å². The number of carbonyl (C=O) groups is 1. The smallest absolute Gasteiger partial charge is 0.395 e. The summed E-state index contributed by atoms with van der Waals surface area (Å²) in [4.78, 5) is 24.1. The second-order valence-electron chi connectivity index (χ2n) is 11.6. The van der Waals surface area contributed by atoms with Crippen molar-refractivity contribution in [1.82, 2.24) is 14.7 Å². The highest BCUT2D eigenvalue weighted by atomic mass is 19.4. The lowest BCUT2D eigenvalue weighted by Crippen LogP contribution is -2.48. The van der Waals surface area contributed by atoms with Crippen molar-refractivity contribution in [3.63, 3.8) is 0 Å². The molecular formula is C37H49F5N4O3. The van der Waals surface area contributed by atoms with Crippen LogP contribution >= 0.6 is 0 Å². The Morgan fingerprint density at radius 2 is 1.29 bits per heavy atom. The van der Waals surface area contributed by atoms with Crippen molar-refractivity contribution in [2.45, 2.75) is 58.2 Å². The number of nitrogens with zero attached hydrogens (tertiary/aromatic N) is 4. The number of hydrogen-bond donors (Lipinski definition) is 2. The molecule has 0 spiro atoms. The van der Waals surface area contributed by atoms with Gasteiger partial charge in [0.15, 0.2) is 5.54 Å². The minimum Gasteiger partial charge on any atom is -0.395 e. The molecule has 0 bridgehead atoms. The van der Waals surface area contributed by atoms with E-state index in [4.69, 9.17) is 4.99 Å². The second kappa shape index (κ2) is 19.4. The first-order chi connectivity index (χ1) is 23.3. The molecule has 0 aromatic heterocycles. The number of aliphatic hydroxyl groups excluding tert-OH is 2. The van der Waals surface area contributed by atoms with Gasteiger partial charge in [-0.25, -0.2) is 13.8 Å². The summed E-state index contributed by atoms with van der Waals surface area (Å²) in [5.74, 6) is -0.622. The fourth-order valence-electron chi connectivity index (χ4n) is 5.25. The second-order valence-corrected chi connectivity index (χ2v) is 11.6. The predicted molar refractivity (Wildman–Crippen MR) is 183 cm³/mol. The Morgan fingerprint density at radius 1 is 0.816 bits per heavy atom. The zero-order chi connectivity index (χ0) is 36.8. The molecule has 12 heteroatoms. The number of amides is 1. The Kier molecular flexibility index (Phi) is 16.3. The third-order valence-corrected chi connectivity index (χ3v) is 8.02. The van der Waals surface area contributed by atoms with Crippen LogP contribution in [0, 0.1) is 11.6 Å². The van der Waals surface area contributed by atoms with Gasteiger partial charge in [-0.2, -0.15) is 13.2 Å². The summed E-state index contributed by atoms with van der Waals surface area (Å²) >= 11 is 0. The van der Waals surface area contributed by atoms with Crippen molar-refractivity contribution in [2.75, 3.05) is 53.5 Å². The number of hydrogen-bond acceptors (Lipinski definition) is 6. The van der Waals surface area contributed by atoms with E-state index < -0.39 is 28.9 Å². The van der Waals surface area contributed by atoms with E-state index in [0.717, 1.165) is 30.7 Å². The number of benzene rings is 3. The SMILES string of the molecule is CC.CCC(C)c1ccc(C(F)(F)F)cc1.CN(C)CCCN1C(=O)C(c2ccc(F)cc2)(c2ccc(F)cc2)N=C1N(CCO)CCO. The molecule has 1 unspecified atom stereocenters. The number of alkyl halides is 3. The van der Waals surface area contributed by atoms with Crippen LogP contribution in [-0.4, -0.2) is 90.3 Å². The summed E-state index contributed by atoms with van der Waals surface area (Å²) in [6.45, 7) is 9.05. The van der Waals surface area contributed by atoms with Crippen LogP contribution in [0.25, 0.3) is 0 Å². The van der Waals surface area contributed by atoms with Crippen LogP contribution in [0.3, 0.4) is 0 Å². The molecule has 270 valence electrons. The maximum Gasteiger partial charge on any atom is 0.416 e. The first-order valence-electron chi connectivity index (χ1n) is 16.5. The van der Waals surface area contributed by atoms with Crippen LogP contribution in [0.5, 0.6) is 0 Å². The molecule has 1 atom stereocenters. The average molecular weight is 693 g/mol. The Bertz CT molecular complexity index is 1400. The number of guanidine groups is 1. The van der Waals surface area contributed by atoms with E-state index in [9.17, 15) is 37.0 Å². The topological polar surface area (TPSA) is 79.6 Å². The van der Waals surface area contributed by atoms with E-state index in [1.54, 1.807) is 21.9 Å². The first kappa shape index (κ1) is 41.3. The number of aliphatic hydroxyl groups is 2. The molecule has 1 heterocycles. The van der Waals surface area contributed by atoms with Crippen LogP contribution in [0.1, 0.15) is 68.7 Å². The van der Waals surface area contributed by atoms with Gasteiger partial charge in [0.2, 0.25) is 5.96 Å². The normalized spacial score (nSPS) is 14.4. The van der Waals surface area contributed by atoms with Gasteiger partial charge in [-0.15, -0.1) is 0 Å². The van der Waals surface area contributed by atoms with Gasteiger partial charge in [0, 0.05) is 19.6 Å². The van der Waals surface area contributed by atoms with Gasteiger partial charge in [0.1, 0.15) is 11.6 Å². The summed E-state index contributed by atoms with van der Waals surface area (Å²) < 4.78 is 64.1. The third kappa shape index (κ3) is 10.8. The van der Waals surface area contributed by atoms with Gasteiger partial charge < -0.3 is 20.0 Å². The van der Waals surface area contributed by atoms with Crippen LogP contribution in [0.4, 0.5) is 22.0 Å². The summed E-state index contributed by atoms with van der Waals surface area (Å²) in [5, 5.41) is 19.2. The molecule has 1 aliphatic rings. The molecule has 0 fully saturated rings. The van der Waals surface area contributed by atoms with E-state index >= 15 is 0 Å². The van der Waals surface area contributed by atoms with E-state index in [-0.39, 0.29) is 32.2 Å². The summed E-state index contributed by atoms with van der Waals surface area (Å²) in [6, 6.07) is 16.4. The van der Waals surface area contributed by atoms with Gasteiger partial charge in [-0.3, -0.25) is 9.69 Å². The number of rotatable bonds is 12. The minimum absolute atomic E-state index is 0.166.